The van der Waals surface area contributed by atoms with Gasteiger partial charge in [-0.3, -0.25) is 10.1 Å². The van der Waals surface area contributed by atoms with Crippen LogP contribution in [0.15, 0.2) is 35.8 Å². The molecule has 12 heteroatoms. The lowest BCUT2D eigenvalue weighted by atomic mass is 10.1. The number of nitro groups is 1. The molecule has 0 bridgehead atoms. The molecule has 0 unspecified atom stereocenters. The number of rotatable bonds is 4. The molecule has 2 aromatic heterocycles. The minimum absolute atomic E-state index is 0.137. The lowest BCUT2D eigenvalue weighted by Gasteiger charge is -2.09. The Morgan fingerprint density at radius 2 is 1.92 bits per heavy atom. The van der Waals surface area contributed by atoms with Crippen LogP contribution in [0, 0.1) is 10.1 Å². The molecule has 8 nitrogen and oxygen atoms in total. The maximum Gasteiger partial charge on any atom is 0.434 e. The van der Waals surface area contributed by atoms with Crippen molar-refractivity contribution in [3.8, 4) is 16.4 Å². The molecule has 0 radical (unpaired) electrons. The molecular weight excluding hydrogens is 377 g/mol. The zero-order valence-corrected chi connectivity index (χ0v) is 13.3. The molecule has 3 aromatic rings. The normalized spacial score (nSPS) is 11.5. The number of benzene rings is 1. The fraction of sp³-hybridized carbons (Fsp3) is 0.0714. The van der Waals surface area contributed by atoms with E-state index in [1.54, 1.807) is 0 Å². The van der Waals surface area contributed by atoms with E-state index in [-0.39, 0.29) is 16.5 Å². The molecule has 0 spiro atoms. The second-order valence-corrected chi connectivity index (χ2v) is 5.78. The molecule has 0 aliphatic heterocycles. The Kier molecular flexibility index (Phi) is 4.20. The Labute approximate surface area is 146 Å². The monoisotopic (exact) mass is 384 g/mol. The second kappa shape index (κ2) is 6.22. The first-order chi connectivity index (χ1) is 12.2. The third-order valence-electron chi connectivity index (χ3n) is 3.32. The summed E-state index contributed by atoms with van der Waals surface area (Å²) in [5.41, 5.74) is -1.82. The molecular formula is C14H7F3N4O4S. The molecule has 0 saturated heterocycles. The molecule has 134 valence electrons. The number of hydrogen-bond donors (Lipinski definition) is 1. The van der Waals surface area contributed by atoms with Gasteiger partial charge in [-0.05, 0) is 12.1 Å². The number of nitro benzene ring substituents is 1. The summed E-state index contributed by atoms with van der Waals surface area (Å²) in [6, 6.07) is 5.30. The summed E-state index contributed by atoms with van der Waals surface area (Å²) < 4.78 is 40.1. The molecule has 0 aliphatic carbocycles. The fourth-order valence-corrected chi connectivity index (χ4v) is 2.97. The maximum atomic E-state index is 13.2. The summed E-state index contributed by atoms with van der Waals surface area (Å²) in [4.78, 5) is 25.1. The number of carbonyl (C=O) groups is 1. The Morgan fingerprint density at radius 3 is 2.46 bits per heavy atom. The number of aromatic nitrogens is 3. The van der Waals surface area contributed by atoms with Gasteiger partial charge in [0.2, 0.25) is 5.13 Å². The van der Waals surface area contributed by atoms with E-state index in [4.69, 9.17) is 5.11 Å². The largest absolute Gasteiger partial charge is 0.478 e. The van der Waals surface area contributed by atoms with Gasteiger partial charge in [-0.15, -0.1) is 11.3 Å². The van der Waals surface area contributed by atoms with Crippen LogP contribution in [0.1, 0.15) is 16.1 Å². The van der Waals surface area contributed by atoms with Gasteiger partial charge in [-0.2, -0.15) is 18.3 Å². The molecule has 2 heterocycles. The zero-order chi connectivity index (χ0) is 19.1. The highest BCUT2D eigenvalue weighted by Crippen LogP contribution is 2.35. The molecule has 0 aliphatic rings. The summed E-state index contributed by atoms with van der Waals surface area (Å²) in [6.07, 6.45) is -4.33. The first-order valence-corrected chi connectivity index (χ1v) is 7.65. The van der Waals surface area contributed by atoms with Crippen LogP contribution in [0.5, 0.6) is 0 Å². The van der Waals surface area contributed by atoms with E-state index in [2.05, 4.69) is 10.1 Å². The number of halogens is 3. The quantitative estimate of drug-likeness (QED) is 0.543. The van der Waals surface area contributed by atoms with Gasteiger partial charge in [-0.1, -0.05) is 0 Å². The lowest BCUT2D eigenvalue weighted by molar-refractivity contribution is -0.384. The molecule has 1 N–H and O–H groups in total. The summed E-state index contributed by atoms with van der Waals surface area (Å²) in [7, 11) is 0. The topological polar surface area (TPSA) is 111 Å². The molecule has 0 amide bonds. The Morgan fingerprint density at radius 1 is 1.27 bits per heavy atom. The number of nitrogens with zero attached hydrogens (tertiary/aromatic N) is 4. The third kappa shape index (κ3) is 3.13. The predicted molar refractivity (Wildman–Crippen MR) is 83.3 cm³/mol. The smallest absolute Gasteiger partial charge is 0.434 e. The highest BCUT2D eigenvalue weighted by molar-refractivity contribution is 7.12. The Balaban J connectivity index is 2.03. The van der Waals surface area contributed by atoms with Crippen molar-refractivity contribution >= 4 is 23.0 Å². The number of hydrogen-bond acceptors (Lipinski definition) is 6. The lowest BCUT2D eigenvalue weighted by Crippen LogP contribution is -2.17. The van der Waals surface area contributed by atoms with Gasteiger partial charge in [-0.25, -0.2) is 14.5 Å². The van der Waals surface area contributed by atoms with Crippen LogP contribution in [0.25, 0.3) is 16.4 Å². The van der Waals surface area contributed by atoms with Gasteiger partial charge in [0.05, 0.1) is 16.8 Å². The number of carboxylic acids is 1. The Bertz CT molecular complexity index is 995. The van der Waals surface area contributed by atoms with Gasteiger partial charge in [0.25, 0.3) is 5.69 Å². The van der Waals surface area contributed by atoms with Gasteiger partial charge >= 0.3 is 12.1 Å². The zero-order valence-electron chi connectivity index (χ0n) is 12.5. The molecule has 3 rings (SSSR count). The van der Waals surface area contributed by atoms with Crippen molar-refractivity contribution in [2.24, 2.45) is 0 Å². The first kappa shape index (κ1) is 17.5. The molecule has 0 atom stereocenters. The maximum absolute atomic E-state index is 13.2. The Hall–Kier alpha value is -3.28. The van der Waals surface area contributed by atoms with Crippen LogP contribution in [0.3, 0.4) is 0 Å². The summed E-state index contributed by atoms with van der Waals surface area (Å²) >= 11 is 0.826. The fourth-order valence-electron chi connectivity index (χ4n) is 2.17. The van der Waals surface area contributed by atoms with Crippen molar-refractivity contribution in [2.75, 3.05) is 0 Å². The van der Waals surface area contributed by atoms with Crippen LogP contribution in [-0.2, 0) is 6.18 Å². The number of thiazole rings is 1. The summed E-state index contributed by atoms with van der Waals surface area (Å²) in [5.74, 6) is -1.75. The van der Waals surface area contributed by atoms with E-state index in [0.717, 1.165) is 11.3 Å². The van der Waals surface area contributed by atoms with Gasteiger partial charge in [0.1, 0.15) is 5.56 Å². The average Bonchev–Trinajstić information content (AvgIpc) is 3.21. The van der Waals surface area contributed by atoms with E-state index in [0.29, 0.717) is 16.4 Å². The van der Waals surface area contributed by atoms with Crippen LogP contribution in [-0.4, -0.2) is 30.8 Å². The van der Waals surface area contributed by atoms with Gasteiger partial charge in [0.15, 0.2) is 5.69 Å². The predicted octanol–water partition coefficient (Wildman–Crippen LogP) is 3.62. The van der Waals surface area contributed by atoms with E-state index in [9.17, 15) is 28.1 Å². The minimum atomic E-state index is -4.94. The molecule has 0 saturated carbocycles. The molecule has 0 fully saturated rings. The standard InChI is InChI=1S/C14H7F3N4O4S/c15-14(16,17)11-9(12(22)23)5-18-20(11)13-19-10(6-26-13)7-1-3-8(4-2-7)21(24)25/h1-6H,(H,22,23). The van der Waals surface area contributed by atoms with E-state index in [1.807, 2.05) is 0 Å². The van der Waals surface area contributed by atoms with Crippen LogP contribution < -0.4 is 0 Å². The van der Waals surface area contributed by atoms with Crippen molar-refractivity contribution in [1.29, 1.82) is 0 Å². The van der Waals surface area contributed by atoms with E-state index in [1.165, 1.54) is 29.6 Å². The van der Waals surface area contributed by atoms with Crippen molar-refractivity contribution in [3.63, 3.8) is 0 Å². The van der Waals surface area contributed by atoms with E-state index < -0.39 is 28.3 Å². The number of carboxylic acid groups (broad SMARTS) is 1. The minimum Gasteiger partial charge on any atom is -0.478 e. The molecule has 26 heavy (non-hydrogen) atoms. The summed E-state index contributed by atoms with van der Waals surface area (Å²) in [6.45, 7) is 0. The SMILES string of the molecule is O=C(O)c1cnn(-c2nc(-c3ccc([N+](=O)[O-])cc3)cs2)c1C(F)(F)F. The summed E-state index contributed by atoms with van der Waals surface area (Å²) in [5, 5.41) is 24.3. The van der Waals surface area contributed by atoms with Crippen LogP contribution in [0.2, 0.25) is 0 Å². The van der Waals surface area contributed by atoms with E-state index >= 15 is 0 Å². The van der Waals surface area contributed by atoms with Crippen molar-refractivity contribution < 1.29 is 28.0 Å². The number of alkyl halides is 3. The van der Waals surface area contributed by atoms with Crippen molar-refractivity contribution in [2.45, 2.75) is 6.18 Å². The van der Waals surface area contributed by atoms with Crippen LogP contribution in [0.4, 0.5) is 18.9 Å². The average molecular weight is 384 g/mol. The van der Waals surface area contributed by atoms with Crippen molar-refractivity contribution in [1.82, 2.24) is 14.8 Å². The van der Waals surface area contributed by atoms with Crippen molar-refractivity contribution in [3.05, 3.63) is 57.2 Å². The number of aromatic carboxylic acids is 1. The van der Waals surface area contributed by atoms with Gasteiger partial charge in [0, 0.05) is 23.1 Å². The first-order valence-electron chi connectivity index (χ1n) is 6.77. The number of non-ortho nitro benzene ring substituents is 1. The van der Waals surface area contributed by atoms with Crippen LogP contribution >= 0.6 is 11.3 Å². The third-order valence-corrected chi connectivity index (χ3v) is 4.13. The highest BCUT2D eigenvalue weighted by atomic mass is 32.1. The van der Waals surface area contributed by atoms with Gasteiger partial charge < -0.3 is 5.11 Å². The highest BCUT2D eigenvalue weighted by Gasteiger charge is 2.41. The molecule has 1 aromatic carbocycles. The second-order valence-electron chi connectivity index (χ2n) is 4.94.